The van der Waals surface area contributed by atoms with Crippen LogP contribution in [0.4, 0.5) is 0 Å². The fourth-order valence-corrected chi connectivity index (χ4v) is 3.41. The van der Waals surface area contributed by atoms with Gasteiger partial charge in [0, 0.05) is 63.8 Å². The highest BCUT2D eigenvalue weighted by Crippen LogP contribution is 2.15. The first kappa shape index (κ1) is 19.4. The minimum atomic E-state index is 0.257. The van der Waals surface area contributed by atoms with Crippen LogP contribution in [0.5, 0.6) is 5.75 Å². The number of piperazine rings is 1. The molecule has 2 saturated heterocycles. The predicted molar refractivity (Wildman–Crippen MR) is 102 cm³/mol. The number of halogens is 1. The summed E-state index contributed by atoms with van der Waals surface area (Å²) in [6.07, 6.45) is 0.611. The van der Waals surface area contributed by atoms with Gasteiger partial charge in [-0.2, -0.15) is 0 Å². The van der Waals surface area contributed by atoms with E-state index in [1.54, 1.807) is 0 Å². The zero-order valence-electron chi connectivity index (χ0n) is 15.2. The Morgan fingerprint density at radius 3 is 2.23 bits per heavy atom. The summed E-state index contributed by atoms with van der Waals surface area (Å²) in [5, 5.41) is 0.723. The Bertz CT molecular complexity index is 556. The molecule has 0 saturated carbocycles. The summed E-state index contributed by atoms with van der Waals surface area (Å²) in [5.74, 6) is 1.11. The number of hydrogen-bond acceptors (Lipinski definition) is 5. The average molecular weight is 382 g/mol. The lowest BCUT2D eigenvalue weighted by atomic mass is 10.2. The summed E-state index contributed by atoms with van der Waals surface area (Å²) in [6.45, 7) is 9.33. The Morgan fingerprint density at radius 1 is 0.962 bits per heavy atom. The van der Waals surface area contributed by atoms with Crippen LogP contribution in [0.3, 0.4) is 0 Å². The molecule has 1 aromatic carbocycles. The van der Waals surface area contributed by atoms with Crippen molar-refractivity contribution in [3.05, 3.63) is 29.3 Å². The molecule has 2 heterocycles. The highest BCUT2D eigenvalue weighted by molar-refractivity contribution is 6.30. The van der Waals surface area contributed by atoms with Crippen LogP contribution in [0.2, 0.25) is 5.02 Å². The quantitative estimate of drug-likeness (QED) is 0.717. The molecule has 0 N–H and O–H groups in total. The number of carbonyl (C=O) groups excluding carboxylic acids is 1. The molecule has 0 aliphatic carbocycles. The van der Waals surface area contributed by atoms with Gasteiger partial charge in [-0.05, 0) is 24.3 Å². The highest BCUT2D eigenvalue weighted by atomic mass is 35.5. The van der Waals surface area contributed by atoms with Crippen molar-refractivity contribution in [2.75, 3.05) is 72.2 Å². The maximum Gasteiger partial charge on any atom is 0.224 e. The Balaban J connectivity index is 1.27. The summed E-state index contributed by atoms with van der Waals surface area (Å²) in [4.78, 5) is 18.9. The highest BCUT2D eigenvalue weighted by Gasteiger charge is 2.20. The lowest BCUT2D eigenvalue weighted by Crippen LogP contribution is -2.48. The van der Waals surface area contributed by atoms with Crippen molar-refractivity contribution in [1.29, 1.82) is 0 Å². The van der Waals surface area contributed by atoms with Crippen LogP contribution in [0, 0.1) is 0 Å². The van der Waals surface area contributed by atoms with Crippen molar-refractivity contribution in [2.45, 2.75) is 6.42 Å². The lowest BCUT2D eigenvalue weighted by Gasteiger charge is -2.35. The Hall–Kier alpha value is -1.34. The van der Waals surface area contributed by atoms with Gasteiger partial charge in [0.05, 0.1) is 13.2 Å². The van der Waals surface area contributed by atoms with E-state index in [-0.39, 0.29) is 5.91 Å². The Morgan fingerprint density at radius 2 is 1.58 bits per heavy atom. The number of ether oxygens (including phenoxy) is 2. The maximum absolute atomic E-state index is 12.2. The lowest BCUT2D eigenvalue weighted by molar-refractivity contribution is -0.135. The maximum atomic E-state index is 12.2. The Kier molecular flexibility index (Phi) is 7.55. The fraction of sp³-hybridized carbons (Fsp3) is 0.632. The first-order valence-corrected chi connectivity index (χ1v) is 9.77. The second kappa shape index (κ2) is 10.1. The molecular weight excluding hydrogens is 354 g/mol. The third-order valence-corrected chi connectivity index (χ3v) is 5.21. The molecule has 0 aromatic heterocycles. The first-order chi connectivity index (χ1) is 12.7. The van der Waals surface area contributed by atoms with Crippen LogP contribution >= 0.6 is 11.6 Å². The van der Waals surface area contributed by atoms with Crippen molar-refractivity contribution >= 4 is 17.5 Å². The molecule has 144 valence electrons. The van der Waals surface area contributed by atoms with Crippen LogP contribution in [-0.4, -0.2) is 92.8 Å². The van der Waals surface area contributed by atoms with E-state index >= 15 is 0 Å². The van der Waals surface area contributed by atoms with Crippen molar-refractivity contribution in [3.8, 4) is 5.75 Å². The van der Waals surface area contributed by atoms with Crippen LogP contribution in [-0.2, 0) is 9.53 Å². The molecule has 3 rings (SSSR count). The number of carbonyl (C=O) groups is 1. The molecule has 2 aliphatic rings. The van der Waals surface area contributed by atoms with Crippen molar-refractivity contribution in [2.24, 2.45) is 0 Å². The molecule has 0 atom stereocenters. The van der Waals surface area contributed by atoms with E-state index < -0.39 is 0 Å². The van der Waals surface area contributed by atoms with E-state index in [4.69, 9.17) is 21.1 Å². The van der Waals surface area contributed by atoms with Gasteiger partial charge in [-0.1, -0.05) is 11.6 Å². The molecule has 6 nitrogen and oxygen atoms in total. The molecule has 2 aliphatic heterocycles. The van der Waals surface area contributed by atoms with Gasteiger partial charge in [-0.25, -0.2) is 0 Å². The first-order valence-electron chi connectivity index (χ1n) is 9.39. The van der Waals surface area contributed by atoms with E-state index in [1.165, 1.54) is 0 Å². The molecule has 1 aromatic rings. The molecule has 1 amide bonds. The number of nitrogens with zero attached hydrogens (tertiary/aromatic N) is 3. The number of benzene rings is 1. The zero-order chi connectivity index (χ0) is 18.2. The number of amides is 1. The minimum Gasteiger partial charge on any atom is -0.492 e. The molecule has 26 heavy (non-hydrogen) atoms. The molecule has 0 spiro atoms. The fourth-order valence-electron chi connectivity index (χ4n) is 3.28. The number of hydrogen-bond donors (Lipinski definition) is 0. The molecule has 2 fully saturated rings. The van der Waals surface area contributed by atoms with Gasteiger partial charge in [0.15, 0.2) is 0 Å². The van der Waals surface area contributed by atoms with Gasteiger partial charge >= 0.3 is 0 Å². The van der Waals surface area contributed by atoms with E-state index in [1.807, 2.05) is 29.2 Å². The third kappa shape index (κ3) is 6.13. The zero-order valence-corrected chi connectivity index (χ0v) is 16.0. The SMILES string of the molecule is O=C(CCN1CCN(CCOc2ccc(Cl)cc2)CC1)N1CCOCC1. The smallest absolute Gasteiger partial charge is 0.224 e. The van der Waals surface area contributed by atoms with Crippen molar-refractivity contribution in [3.63, 3.8) is 0 Å². The summed E-state index contributed by atoms with van der Waals surface area (Å²) in [5.41, 5.74) is 0. The van der Waals surface area contributed by atoms with Crippen LogP contribution in [0.1, 0.15) is 6.42 Å². The molecule has 7 heteroatoms. The third-order valence-electron chi connectivity index (χ3n) is 4.96. The monoisotopic (exact) mass is 381 g/mol. The minimum absolute atomic E-state index is 0.257. The van der Waals surface area contributed by atoms with Gasteiger partial charge < -0.3 is 19.3 Å². The van der Waals surface area contributed by atoms with Gasteiger partial charge in [-0.3, -0.25) is 9.69 Å². The van der Waals surface area contributed by atoms with Gasteiger partial charge in [0.1, 0.15) is 12.4 Å². The predicted octanol–water partition coefficient (Wildman–Crippen LogP) is 1.59. The van der Waals surface area contributed by atoms with Crippen molar-refractivity contribution in [1.82, 2.24) is 14.7 Å². The topological polar surface area (TPSA) is 45.2 Å². The van der Waals surface area contributed by atoms with Gasteiger partial charge in [0.25, 0.3) is 0 Å². The Labute approximate surface area is 160 Å². The molecule has 0 unspecified atom stereocenters. The van der Waals surface area contributed by atoms with Gasteiger partial charge in [-0.15, -0.1) is 0 Å². The van der Waals surface area contributed by atoms with Gasteiger partial charge in [0.2, 0.25) is 5.91 Å². The number of rotatable bonds is 7. The van der Waals surface area contributed by atoms with Crippen molar-refractivity contribution < 1.29 is 14.3 Å². The van der Waals surface area contributed by atoms with Crippen LogP contribution in [0.15, 0.2) is 24.3 Å². The number of morpholine rings is 1. The summed E-state index contributed by atoms with van der Waals surface area (Å²) < 4.78 is 11.1. The summed E-state index contributed by atoms with van der Waals surface area (Å²) >= 11 is 5.87. The second-order valence-corrected chi connectivity index (χ2v) is 7.17. The van der Waals surface area contributed by atoms with E-state index in [2.05, 4.69) is 9.80 Å². The normalized spacial score (nSPS) is 19.5. The van der Waals surface area contributed by atoms with E-state index in [9.17, 15) is 4.79 Å². The second-order valence-electron chi connectivity index (χ2n) is 6.73. The summed E-state index contributed by atoms with van der Waals surface area (Å²) in [7, 11) is 0. The molecule has 0 radical (unpaired) electrons. The summed E-state index contributed by atoms with van der Waals surface area (Å²) in [6, 6.07) is 7.47. The standard InChI is InChI=1S/C19H28ClN3O3/c20-17-1-3-18(4-2-17)26-16-11-22-9-7-21(8-10-22)6-5-19(24)23-12-14-25-15-13-23/h1-4H,5-16H2. The van der Waals surface area contributed by atoms with E-state index in [0.717, 1.165) is 63.1 Å². The molecular formula is C19H28ClN3O3. The largest absolute Gasteiger partial charge is 0.492 e. The average Bonchev–Trinajstić information content (AvgIpc) is 2.69. The van der Waals surface area contributed by atoms with Crippen LogP contribution in [0.25, 0.3) is 0 Å². The van der Waals surface area contributed by atoms with Crippen LogP contribution < -0.4 is 4.74 Å². The molecule has 0 bridgehead atoms. The van der Waals surface area contributed by atoms with E-state index in [0.29, 0.717) is 26.2 Å².